The van der Waals surface area contributed by atoms with E-state index in [1.807, 2.05) is 29.8 Å². The predicted octanol–water partition coefficient (Wildman–Crippen LogP) is 5.17. The maximum absolute atomic E-state index is 12.7. The van der Waals surface area contributed by atoms with E-state index < -0.39 is 0 Å². The van der Waals surface area contributed by atoms with Crippen molar-refractivity contribution in [2.75, 3.05) is 5.32 Å². The lowest BCUT2D eigenvalue weighted by atomic mass is 10.2. The molecule has 0 saturated carbocycles. The Morgan fingerprint density at radius 1 is 1.22 bits per heavy atom. The van der Waals surface area contributed by atoms with Gasteiger partial charge in [-0.1, -0.05) is 23.7 Å². The molecule has 132 valence electrons. The normalized spacial score (nSPS) is 10.7. The number of carbonyl (C=O) groups excluding carboxylic acids is 1. The van der Waals surface area contributed by atoms with Gasteiger partial charge >= 0.3 is 0 Å². The standard InChI is InChI=1S/C20H13ClN4OS/c1-12-16-10-18(19(26)23-17-5-3-2-4-13(17)11-22)27-20(16)25(24-12)15-8-6-14(21)7-9-15/h2-10H,1H3,(H,23,26). The first kappa shape index (κ1) is 17.3. The lowest BCUT2D eigenvalue weighted by Crippen LogP contribution is -2.11. The van der Waals surface area contributed by atoms with Crippen LogP contribution in [0.2, 0.25) is 5.02 Å². The van der Waals surface area contributed by atoms with E-state index in [1.54, 1.807) is 36.4 Å². The summed E-state index contributed by atoms with van der Waals surface area (Å²) in [6.07, 6.45) is 0. The number of amides is 1. The molecule has 2 aromatic carbocycles. The Kier molecular flexibility index (Phi) is 4.40. The van der Waals surface area contributed by atoms with Crippen molar-refractivity contribution in [3.05, 3.63) is 75.8 Å². The lowest BCUT2D eigenvalue weighted by molar-refractivity contribution is 0.103. The third kappa shape index (κ3) is 3.19. The molecule has 5 nitrogen and oxygen atoms in total. The number of nitrogens with one attached hydrogen (secondary N) is 1. The molecule has 2 aromatic heterocycles. The number of hydrogen-bond acceptors (Lipinski definition) is 4. The van der Waals surface area contributed by atoms with E-state index in [0.717, 1.165) is 21.6 Å². The first-order valence-corrected chi connectivity index (χ1v) is 9.32. The fraction of sp³-hybridized carbons (Fsp3) is 0.0500. The zero-order chi connectivity index (χ0) is 19.0. The average molecular weight is 393 g/mol. The summed E-state index contributed by atoms with van der Waals surface area (Å²) >= 11 is 7.32. The predicted molar refractivity (Wildman–Crippen MR) is 108 cm³/mol. The van der Waals surface area contributed by atoms with Crippen molar-refractivity contribution in [2.45, 2.75) is 6.92 Å². The largest absolute Gasteiger partial charge is 0.320 e. The molecule has 0 spiro atoms. The highest BCUT2D eigenvalue weighted by molar-refractivity contribution is 7.20. The summed E-state index contributed by atoms with van der Waals surface area (Å²) in [4.78, 5) is 14.1. The molecule has 4 rings (SSSR count). The Morgan fingerprint density at radius 3 is 2.70 bits per heavy atom. The molecule has 2 heterocycles. The van der Waals surface area contributed by atoms with Crippen molar-refractivity contribution in [3.63, 3.8) is 0 Å². The molecule has 0 aliphatic heterocycles. The first-order valence-electron chi connectivity index (χ1n) is 8.12. The molecule has 0 atom stereocenters. The third-order valence-corrected chi connectivity index (χ3v) is 5.50. The van der Waals surface area contributed by atoms with Crippen molar-refractivity contribution in [3.8, 4) is 11.8 Å². The van der Waals surface area contributed by atoms with Crippen LogP contribution in [0.15, 0.2) is 54.6 Å². The van der Waals surface area contributed by atoms with Crippen LogP contribution in [-0.2, 0) is 0 Å². The Balaban J connectivity index is 1.71. The van der Waals surface area contributed by atoms with Gasteiger partial charge < -0.3 is 5.32 Å². The van der Waals surface area contributed by atoms with E-state index >= 15 is 0 Å². The summed E-state index contributed by atoms with van der Waals surface area (Å²) in [6, 6.07) is 18.2. The molecule has 0 aliphatic rings. The Labute approximate surface area is 164 Å². The molecule has 0 radical (unpaired) electrons. The summed E-state index contributed by atoms with van der Waals surface area (Å²) in [7, 11) is 0. The number of para-hydroxylation sites is 1. The Bertz CT molecular complexity index is 1200. The lowest BCUT2D eigenvalue weighted by Gasteiger charge is -2.05. The summed E-state index contributed by atoms with van der Waals surface area (Å²) in [5, 5.41) is 18.1. The highest BCUT2D eigenvalue weighted by atomic mass is 35.5. The molecule has 0 bridgehead atoms. The molecule has 1 amide bonds. The minimum Gasteiger partial charge on any atom is -0.320 e. The van der Waals surface area contributed by atoms with E-state index in [2.05, 4.69) is 16.5 Å². The first-order chi connectivity index (χ1) is 13.1. The number of carbonyl (C=O) groups is 1. The van der Waals surface area contributed by atoms with Crippen molar-refractivity contribution < 1.29 is 4.79 Å². The van der Waals surface area contributed by atoms with Crippen LogP contribution in [-0.4, -0.2) is 15.7 Å². The zero-order valence-electron chi connectivity index (χ0n) is 14.2. The van der Waals surface area contributed by atoms with Crippen LogP contribution in [0.5, 0.6) is 0 Å². The fourth-order valence-corrected chi connectivity index (χ4v) is 3.99. The van der Waals surface area contributed by atoms with Crippen LogP contribution in [0, 0.1) is 18.3 Å². The second-order valence-corrected chi connectivity index (χ2v) is 7.38. The number of benzene rings is 2. The summed E-state index contributed by atoms with van der Waals surface area (Å²) in [6.45, 7) is 1.91. The number of anilines is 1. The van der Waals surface area contributed by atoms with Crippen LogP contribution in [0.25, 0.3) is 15.9 Å². The van der Waals surface area contributed by atoms with Crippen LogP contribution >= 0.6 is 22.9 Å². The number of fused-ring (bicyclic) bond motifs is 1. The zero-order valence-corrected chi connectivity index (χ0v) is 15.8. The minimum atomic E-state index is -0.249. The average Bonchev–Trinajstić information content (AvgIpc) is 3.24. The quantitative estimate of drug-likeness (QED) is 0.522. The second kappa shape index (κ2) is 6.88. The Hall–Kier alpha value is -3.14. The molecule has 0 aliphatic carbocycles. The molecular formula is C20H13ClN4OS. The number of thiophene rings is 1. The van der Waals surface area contributed by atoms with Crippen molar-refractivity contribution in [2.24, 2.45) is 0 Å². The molecule has 0 unspecified atom stereocenters. The monoisotopic (exact) mass is 392 g/mol. The van der Waals surface area contributed by atoms with Crippen LogP contribution in [0.4, 0.5) is 5.69 Å². The molecule has 1 N–H and O–H groups in total. The number of halogens is 1. The van der Waals surface area contributed by atoms with E-state index in [-0.39, 0.29) is 5.91 Å². The van der Waals surface area contributed by atoms with Gasteiger partial charge in [0.05, 0.1) is 27.5 Å². The van der Waals surface area contributed by atoms with Gasteiger partial charge in [-0.05, 0) is 49.4 Å². The van der Waals surface area contributed by atoms with Crippen LogP contribution < -0.4 is 5.32 Å². The second-order valence-electron chi connectivity index (χ2n) is 5.91. The van der Waals surface area contributed by atoms with Gasteiger partial charge in [-0.25, -0.2) is 4.68 Å². The van der Waals surface area contributed by atoms with Crippen LogP contribution in [0.1, 0.15) is 20.9 Å². The maximum Gasteiger partial charge on any atom is 0.265 e. The minimum absolute atomic E-state index is 0.249. The van der Waals surface area contributed by atoms with E-state index in [4.69, 9.17) is 11.6 Å². The fourth-order valence-electron chi connectivity index (χ4n) is 2.79. The van der Waals surface area contributed by atoms with Gasteiger partial charge in [0.25, 0.3) is 5.91 Å². The molecule has 4 aromatic rings. The number of aryl methyl sites for hydroxylation is 1. The van der Waals surface area contributed by atoms with Crippen molar-refractivity contribution >= 4 is 44.7 Å². The van der Waals surface area contributed by atoms with E-state index in [0.29, 0.717) is 21.2 Å². The van der Waals surface area contributed by atoms with E-state index in [1.165, 1.54) is 11.3 Å². The highest BCUT2D eigenvalue weighted by Crippen LogP contribution is 2.31. The molecule has 7 heteroatoms. The number of nitriles is 1. The highest BCUT2D eigenvalue weighted by Gasteiger charge is 2.18. The van der Waals surface area contributed by atoms with Gasteiger partial charge in [-0.2, -0.15) is 10.4 Å². The smallest absolute Gasteiger partial charge is 0.265 e. The van der Waals surface area contributed by atoms with Gasteiger partial charge in [0.15, 0.2) is 0 Å². The van der Waals surface area contributed by atoms with Gasteiger partial charge in [-0.3, -0.25) is 4.79 Å². The number of rotatable bonds is 3. The third-order valence-electron chi connectivity index (χ3n) is 4.14. The SMILES string of the molecule is Cc1nn(-c2ccc(Cl)cc2)c2sc(C(=O)Nc3ccccc3C#N)cc12. The molecule has 27 heavy (non-hydrogen) atoms. The maximum atomic E-state index is 12.7. The molecule has 0 saturated heterocycles. The summed E-state index contributed by atoms with van der Waals surface area (Å²) < 4.78 is 1.81. The van der Waals surface area contributed by atoms with Gasteiger partial charge in [0.1, 0.15) is 10.9 Å². The van der Waals surface area contributed by atoms with Gasteiger partial charge in [0.2, 0.25) is 0 Å². The number of hydrogen-bond donors (Lipinski definition) is 1. The summed E-state index contributed by atoms with van der Waals surface area (Å²) in [5.41, 5.74) is 2.64. The Morgan fingerprint density at radius 2 is 1.96 bits per heavy atom. The topological polar surface area (TPSA) is 70.7 Å². The van der Waals surface area contributed by atoms with Gasteiger partial charge in [0, 0.05) is 10.4 Å². The number of aromatic nitrogens is 2. The molecule has 0 fully saturated rings. The van der Waals surface area contributed by atoms with Crippen LogP contribution in [0.3, 0.4) is 0 Å². The van der Waals surface area contributed by atoms with Crippen molar-refractivity contribution in [1.29, 1.82) is 5.26 Å². The van der Waals surface area contributed by atoms with Crippen molar-refractivity contribution in [1.82, 2.24) is 9.78 Å². The molecular weight excluding hydrogens is 380 g/mol. The van der Waals surface area contributed by atoms with Gasteiger partial charge in [-0.15, -0.1) is 11.3 Å². The summed E-state index contributed by atoms with van der Waals surface area (Å²) in [5.74, 6) is -0.249. The number of nitrogens with zero attached hydrogens (tertiary/aromatic N) is 3. The van der Waals surface area contributed by atoms with E-state index in [9.17, 15) is 10.1 Å².